The lowest BCUT2D eigenvalue weighted by Crippen LogP contribution is -2.09. The lowest BCUT2D eigenvalue weighted by atomic mass is 9.98. The Kier molecular flexibility index (Phi) is 1.78. The average Bonchev–Trinajstić information content (AvgIpc) is 2.87. The predicted molar refractivity (Wildman–Crippen MR) is 60.0 cm³/mol. The van der Waals surface area contributed by atoms with Crippen LogP contribution in [-0.2, 0) is 10.2 Å². The van der Waals surface area contributed by atoms with Gasteiger partial charge < -0.3 is 5.11 Å². The van der Waals surface area contributed by atoms with E-state index in [9.17, 15) is 9.90 Å². The molecule has 0 amide bonds. The Balaban J connectivity index is 2.15. The number of fused-ring (bicyclic) bond motifs is 2. The molecule has 15 heavy (non-hydrogen) atoms. The second-order valence-corrected chi connectivity index (χ2v) is 5.52. The molecule has 1 aromatic carbocycles. The quantitative estimate of drug-likeness (QED) is 0.849. The molecule has 1 fully saturated rings. The van der Waals surface area contributed by atoms with Crippen molar-refractivity contribution in [2.45, 2.75) is 30.6 Å². The van der Waals surface area contributed by atoms with E-state index in [1.54, 1.807) is 0 Å². The summed E-state index contributed by atoms with van der Waals surface area (Å²) in [5.41, 5.74) is 2.51. The highest BCUT2D eigenvalue weighted by Gasteiger charge is 2.53. The minimum atomic E-state index is -0.678. The third-order valence-corrected chi connectivity index (χ3v) is 4.20. The highest BCUT2D eigenvalue weighted by atomic mass is 79.9. The van der Waals surface area contributed by atoms with E-state index >= 15 is 0 Å². The standard InChI is InChI=1S/C12H11BrO2/c13-7-1-2-8-9(11(14)15)6-12(3-4-12)10(8)5-7/h1-2,5,9H,3-4,6H2,(H,14,15). The molecular weight excluding hydrogens is 256 g/mol. The first-order chi connectivity index (χ1) is 7.12. The number of rotatable bonds is 1. The van der Waals surface area contributed by atoms with E-state index in [2.05, 4.69) is 22.0 Å². The maximum atomic E-state index is 11.2. The summed E-state index contributed by atoms with van der Waals surface area (Å²) in [6, 6.07) is 6.01. The molecule has 0 bridgehead atoms. The van der Waals surface area contributed by atoms with Crippen molar-refractivity contribution >= 4 is 21.9 Å². The summed E-state index contributed by atoms with van der Waals surface area (Å²) in [6.07, 6.45) is 3.11. The van der Waals surface area contributed by atoms with Gasteiger partial charge in [-0.3, -0.25) is 4.79 Å². The molecule has 0 aromatic heterocycles. The van der Waals surface area contributed by atoms with Crippen molar-refractivity contribution in [1.29, 1.82) is 0 Å². The molecule has 2 nitrogen and oxygen atoms in total. The number of hydrogen-bond acceptors (Lipinski definition) is 1. The van der Waals surface area contributed by atoms with Gasteiger partial charge in [0.1, 0.15) is 0 Å². The third kappa shape index (κ3) is 1.26. The predicted octanol–water partition coefficient (Wildman–Crippen LogP) is 3.05. The van der Waals surface area contributed by atoms with Gasteiger partial charge in [0.25, 0.3) is 0 Å². The summed E-state index contributed by atoms with van der Waals surface area (Å²) in [4.78, 5) is 11.2. The third-order valence-electron chi connectivity index (χ3n) is 3.71. The Labute approximate surface area is 96.4 Å². The first-order valence-corrected chi connectivity index (χ1v) is 5.94. The first-order valence-electron chi connectivity index (χ1n) is 5.15. The van der Waals surface area contributed by atoms with Crippen LogP contribution in [-0.4, -0.2) is 11.1 Å². The molecule has 0 heterocycles. The maximum absolute atomic E-state index is 11.2. The highest BCUT2D eigenvalue weighted by Crippen LogP contribution is 2.60. The average molecular weight is 267 g/mol. The van der Waals surface area contributed by atoms with Gasteiger partial charge in [0.15, 0.2) is 0 Å². The molecule has 3 rings (SSSR count). The van der Waals surface area contributed by atoms with Gasteiger partial charge in [0.2, 0.25) is 0 Å². The van der Waals surface area contributed by atoms with Gasteiger partial charge in [-0.05, 0) is 47.9 Å². The van der Waals surface area contributed by atoms with Crippen LogP contribution < -0.4 is 0 Å². The van der Waals surface area contributed by atoms with Crippen molar-refractivity contribution in [1.82, 2.24) is 0 Å². The van der Waals surface area contributed by atoms with E-state index in [0.717, 1.165) is 29.3 Å². The monoisotopic (exact) mass is 266 g/mol. The minimum absolute atomic E-state index is 0.210. The van der Waals surface area contributed by atoms with Gasteiger partial charge in [0.05, 0.1) is 5.92 Å². The second kappa shape index (κ2) is 2.85. The van der Waals surface area contributed by atoms with Crippen LogP contribution in [0.5, 0.6) is 0 Å². The lowest BCUT2D eigenvalue weighted by molar-refractivity contribution is -0.138. The van der Waals surface area contributed by atoms with E-state index in [1.165, 1.54) is 5.56 Å². The van der Waals surface area contributed by atoms with Gasteiger partial charge in [-0.15, -0.1) is 0 Å². The zero-order valence-electron chi connectivity index (χ0n) is 8.16. The van der Waals surface area contributed by atoms with Gasteiger partial charge in [-0.25, -0.2) is 0 Å². The highest BCUT2D eigenvalue weighted by molar-refractivity contribution is 9.10. The zero-order valence-corrected chi connectivity index (χ0v) is 9.75. The lowest BCUT2D eigenvalue weighted by Gasteiger charge is -2.07. The molecule has 1 spiro atoms. The molecule has 2 aliphatic carbocycles. The van der Waals surface area contributed by atoms with Crippen LogP contribution in [0.15, 0.2) is 22.7 Å². The second-order valence-electron chi connectivity index (χ2n) is 4.61. The molecule has 1 aromatic rings. The van der Waals surface area contributed by atoms with Gasteiger partial charge in [-0.1, -0.05) is 22.0 Å². The SMILES string of the molecule is O=C(O)C1CC2(CC2)c2cc(Br)ccc21. The molecule has 1 N–H and O–H groups in total. The van der Waals surface area contributed by atoms with Crippen molar-refractivity contribution in [3.05, 3.63) is 33.8 Å². The molecule has 2 aliphatic rings. The number of carboxylic acids is 1. The fourth-order valence-electron chi connectivity index (χ4n) is 2.75. The van der Waals surface area contributed by atoms with E-state index < -0.39 is 5.97 Å². The smallest absolute Gasteiger partial charge is 0.311 e. The van der Waals surface area contributed by atoms with Crippen molar-refractivity contribution in [3.8, 4) is 0 Å². The van der Waals surface area contributed by atoms with Crippen LogP contribution in [0.1, 0.15) is 36.3 Å². The van der Waals surface area contributed by atoms with E-state index in [1.807, 2.05) is 12.1 Å². The van der Waals surface area contributed by atoms with Crippen molar-refractivity contribution in [2.24, 2.45) is 0 Å². The molecule has 0 saturated heterocycles. The summed E-state index contributed by atoms with van der Waals surface area (Å²) < 4.78 is 1.05. The van der Waals surface area contributed by atoms with Gasteiger partial charge in [0, 0.05) is 4.47 Å². The fraction of sp³-hybridized carbons (Fsp3) is 0.417. The van der Waals surface area contributed by atoms with Crippen molar-refractivity contribution in [2.75, 3.05) is 0 Å². The molecule has 78 valence electrons. The molecule has 0 aliphatic heterocycles. The van der Waals surface area contributed by atoms with Crippen LogP contribution in [0.4, 0.5) is 0 Å². The van der Waals surface area contributed by atoms with E-state index in [-0.39, 0.29) is 11.3 Å². The van der Waals surface area contributed by atoms with E-state index in [0.29, 0.717) is 0 Å². The Morgan fingerprint density at radius 3 is 2.80 bits per heavy atom. The Hall–Kier alpha value is -0.830. The van der Waals surface area contributed by atoms with Crippen molar-refractivity contribution in [3.63, 3.8) is 0 Å². The number of aliphatic carboxylic acids is 1. The maximum Gasteiger partial charge on any atom is 0.311 e. The number of halogens is 1. The van der Waals surface area contributed by atoms with Gasteiger partial charge >= 0.3 is 5.97 Å². The summed E-state index contributed by atoms with van der Waals surface area (Å²) in [5.74, 6) is -0.960. The molecular formula is C12H11BrO2. The van der Waals surface area contributed by atoms with Crippen LogP contribution in [0.3, 0.4) is 0 Å². The molecule has 1 unspecified atom stereocenters. The Morgan fingerprint density at radius 2 is 2.20 bits per heavy atom. The number of hydrogen-bond donors (Lipinski definition) is 1. The largest absolute Gasteiger partial charge is 0.481 e. The molecule has 0 radical (unpaired) electrons. The molecule has 1 saturated carbocycles. The summed E-state index contributed by atoms with van der Waals surface area (Å²) in [7, 11) is 0. The number of benzene rings is 1. The fourth-order valence-corrected chi connectivity index (χ4v) is 3.11. The molecule has 1 atom stereocenters. The minimum Gasteiger partial charge on any atom is -0.481 e. The normalized spacial score (nSPS) is 25.3. The van der Waals surface area contributed by atoms with Gasteiger partial charge in [-0.2, -0.15) is 0 Å². The van der Waals surface area contributed by atoms with Crippen molar-refractivity contribution < 1.29 is 9.90 Å². The first kappa shape index (κ1) is 9.40. The van der Waals surface area contributed by atoms with E-state index in [4.69, 9.17) is 0 Å². The summed E-state index contributed by atoms with van der Waals surface area (Å²) in [6.45, 7) is 0. The number of carboxylic acid groups (broad SMARTS) is 1. The van der Waals surface area contributed by atoms with Crippen LogP contribution in [0.25, 0.3) is 0 Å². The van der Waals surface area contributed by atoms with Crippen LogP contribution in [0.2, 0.25) is 0 Å². The van der Waals surface area contributed by atoms with Crippen LogP contribution in [0, 0.1) is 0 Å². The number of carbonyl (C=O) groups is 1. The molecule has 3 heteroatoms. The zero-order chi connectivity index (χ0) is 10.6. The summed E-state index contributed by atoms with van der Waals surface area (Å²) >= 11 is 3.45. The Bertz CT molecular complexity index is 449. The van der Waals surface area contributed by atoms with Crippen LogP contribution >= 0.6 is 15.9 Å². The Morgan fingerprint density at radius 1 is 1.47 bits per heavy atom. The summed E-state index contributed by atoms with van der Waals surface area (Å²) in [5, 5.41) is 9.18. The topological polar surface area (TPSA) is 37.3 Å².